The van der Waals surface area contributed by atoms with Crippen molar-refractivity contribution in [3.63, 3.8) is 0 Å². The van der Waals surface area contributed by atoms with Crippen LogP contribution >= 0.6 is 0 Å². The van der Waals surface area contributed by atoms with E-state index in [0.717, 1.165) is 0 Å². The van der Waals surface area contributed by atoms with Gasteiger partial charge in [-0.05, 0) is 18.6 Å². The van der Waals surface area contributed by atoms with E-state index in [9.17, 15) is 9.50 Å². The number of aliphatic hydroxyl groups excluding tert-OH is 1. The first-order chi connectivity index (χ1) is 9.47. The summed E-state index contributed by atoms with van der Waals surface area (Å²) in [6, 6.07) is 4.46. The van der Waals surface area contributed by atoms with Crippen LogP contribution in [0.3, 0.4) is 0 Å². The number of aliphatic hydroxyl groups is 1. The minimum atomic E-state index is -0.471. The minimum absolute atomic E-state index is 0.156. The van der Waals surface area contributed by atoms with Crippen LogP contribution < -0.4 is 22.1 Å². The number of halogens is 1. The van der Waals surface area contributed by atoms with E-state index in [1.165, 1.54) is 12.1 Å². The van der Waals surface area contributed by atoms with Gasteiger partial charge >= 0.3 is 0 Å². The van der Waals surface area contributed by atoms with Gasteiger partial charge in [0.05, 0.1) is 17.5 Å². The number of nitrogens with two attached hydrogens (primary N) is 3. The van der Waals surface area contributed by atoms with Crippen molar-refractivity contribution in [2.24, 2.45) is 27.2 Å². The normalized spacial score (nSPS) is 19.2. The molecule has 1 unspecified atom stereocenters. The third-order valence-corrected chi connectivity index (χ3v) is 2.92. The Bertz CT molecular complexity index is 555. The summed E-state index contributed by atoms with van der Waals surface area (Å²) in [4.78, 5) is 9.33. The fourth-order valence-electron chi connectivity index (χ4n) is 2.13. The molecule has 1 heterocycles. The summed E-state index contributed by atoms with van der Waals surface area (Å²) >= 11 is 0. The molecule has 0 spiro atoms. The zero-order chi connectivity index (χ0) is 14.7. The van der Waals surface area contributed by atoms with E-state index in [0.29, 0.717) is 25.2 Å². The predicted octanol–water partition coefficient (Wildman–Crippen LogP) is -0.384. The van der Waals surface area contributed by atoms with Crippen molar-refractivity contribution in [3.05, 3.63) is 24.0 Å². The molecule has 0 bridgehead atoms. The lowest BCUT2D eigenvalue weighted by atomic mass is 10.2. The second kappa shape index (κ2) is 5.74. The second-order valence-corrected chi connectivity index (χ2v) is 4.50. The number of anilines is 1. The van der Waals surface area contributed by atoms with Crippen molar-refractivity contribution >= 4 is 23.3 Å². The average molecular weight is 280 g/mol. The van der Waals surface area contributed by atoms with Crippen molar-refractivity contribution in [2.45, 2.75) is 12.5 Å². The number of para-hydroxylation sites is 1. The number of benzene rings is 1. The number of β-amino-alcohol motifs (C(OH)–C–C–N with tert-alkyl or cyclic N) is 1. The SMILES string of the molecule is NC(N)=NC(N)=Nc1cccc(F)c1N1CCC(O)C1. The van der Waals surface area contributed by atoms with Gasteiger partial charge < -0.3 is 27.2 Å². The van der Waals surface area contributed by atoms with Gasteiger partial charge in [-0.3, -0.25) is 0 Å². The maximum Gasteiger partial charge on any atom is 0.223 e. The van der Waals surface area contributed by atoms with Crippen LogP contribution in [0.1, 0.15) is 6.42 Å². The Morgan fingerprint density at radius 1 is 1.35 bits per heavy atom. The van der Waals surface area contributed by atoms with Gasteiger partial charge in [-0.15, -0.1) is 0 Å². The van der Waals surface area contributed by atoms with E-state index in [-0.39, 0.29) is 17.6 Å². The van der Waals surface area contributed by atoms with E-state index in [4.69, 9.17) is 17.2 Å². The van der Waals surface area contributed by atoms with Crippen LogP contribution in [0.25, 0.3) is 0 Å². The monoisotopic (exact) mass is 280 g/mol. The largest absolute Gasteiger partial charge is 0.391 e. The van der Waals surface area contributed by atoms with Gasteiger partial charge in [0.15, 0.2) is 5.96 Å². The molecule has 0 amide bonds. The van der Waals surface area contributed by atoms with E-state index in [1.54, 1.807) is 11.0 Å². The van der Waals surface area contributed by atoms with Gasteiger partial charge in [-0.2, -0.15) is 4.99 Å². The molecule has 1 fully saturated rings. The zero-order valence-electron chi connectivity index (χ0n) is 10.8. The molecule has 1 aromatic rings. The van der Waals surface area contributed by atoms with Crippen LogP contribution in [0, 0.1) is 5.82 Å². The molecule has 1 atom stereocenters. The Balaban J connectivity index is 2.39. The fourth-order valence-corrected chi connectivity index (χ4v) is 2.13. The molecular formula is C12H17FN6O. The van der Waals surface area contributed by atoms with Crippen LogP contribution in [0.5, 0.6) is 0 Å². The van der Waals surface area contributed by atoms with Crippen LogP contribution in [-0.2, 0) is 0 Å². The Hall–Kier alpha value is -2.35. The molecule has 0 radical (unpaired) electrons. The van der Waals surface area contributed by atoms with Crippen LogP contribution in [0.4, 0.5) is 15.8 Å². The maximum absolute atomic E-state index is 14.0. The van der Waals surface area contributed by atoms with Crippen molar-refractivity contribution < 1.29 is 9.50 Å². The fraction of sp³-hybridized carbons (Fsp3) is 0.333. The predicted molar refractivity (Wildman–Crippen MR) is 76.3 cm³/mol. The Labute approximate surface area is 115 Å². The van der Waals surface area contributed by atoms with Crippen LogP contribution in [-0.4, -0.2) is 36.2 Å². The molecule has 8 heteroatoms. The Morgan fingerprint density at radius 3 is 2.70 bits per heavy atom. The molecule has 0 aliphatic carbocycles. The maximum atomic E-state index is 14.0. The molecule has 0 saturated carbocycles. The number of guanidine groups is 2. The number of nitrogens with zero attached hydrogens (tertiary/aromatic N) is 3. The molecule has 1 aromatic carbocycles. The van der Waals surface area contributed by atoms with Gasteiger partial charge in [0, 0.05) is 13.1 Å². The van der Waals surface area contributed by atoms with Gasteiger partial charge in [0.1, 0.15) is 5.82 Å². The number of rotatable bonds is 2. The quantitative estimate of drug-likeness (QED) is 0.434. The summed E-state index contributed by atoms with van der Waals surface area (Å²) in [5, 5.41) is 9.56. The van der Waals surface area contributed by atoms with E-state index in [1.807, 2.05) is 0 Å². The van der Waals surface area contributed by atoms with Gasteiger partial charge in [-0.1, -0.05) is 6.07 Å². The Kier molecular flexibility index (Phi) is 4.04. The summed E-state index contributed by atoms with van der Waals surface area (Å²) in [6.45, 7) is 0.901. The molecule has 1 aliphatic heterocycles. The highest BCUT2D eigenvalue weighted by Gasteiger charge is 2.24. The summed E-state index contributed by atoms with van der Waals surface area (Å²) in [5.41, 5.74) is 16.6. The van der Waals surface area contributed by atoms with E-state index in [2.05, 4.69) is 9.98 Å². The Morgan fingerprint density at radius 2 is 2.10 bits per heavy atom. The highest BCUT2D eigenvalue weighted by atomic mass is 19.1. The summed E-state index contributed by atoms with van der Waals surface area (Å²) in [7, 11) is 0. The van der Waals surface area contributed by atoms with Crippen LogP contribution in [0.15, 0.2) is 28.2 Å². The van der Waals surface area contributed by atoms with Gasteiger partial charge in [0.25, 0.3) is 0 Å². The third-order valence-electron chi connectivity index (χ3n) is 2.92. The molecule has 20 heavy (non-hydrogen) atoms. The summed E-state index contributed by atoms with van der Waals surface area (Å²) < 4.78 is 14.0. The molecule has 2 rings (SSSR count). The molecule has 7 N–H and O–H groups in total. The number of hydrogen-bond acceptors (Lipinski definition) is 3. The first-order valence-electron chi connectivity index (χ1n) is 6.12. The van der Waals surface area contributed by atoms with Crippen molar-refractivity contribution in [1.29, 1.82) is 0 Å². The first-order valence-corrected chi connectivity index (χ1v) is 6.12. The van der Waals surface area contributed by atoms with Gasteiger partial charge in [0.2, 0.25) is 5.96 Å². The van der Waals surface area contributed by atoms with E-state index >= 15 is 0 Å². The lowest BCUT2D eigenvalue weighted by Gasteiger charge is -2.20. The molecular weight excluding hydrogens is 263 g/mol. The molecule has 0 aromatic heterocycles. The van der Waals surface area contributed by atoms with Crippen molar-refractivity contribution in [2.75, 3.05) is 18.0 Å². The highest BCUT2D eigenvalue weighted by molar-refractivity contribution is 5.94. The first kappa shape index (κ1) is 14.1. The van der Waals surface area contributed by atoms with Crippen molar-refractivity contribution in [1.82, 2.24) is 0 Å². The van der Waals surface area contributed by atoms with E-state index < -0.39 is 11.9 Å². The summed E-state index contributed by atoms with van der Waals surface area (Å²) in [5.74, 6) is -0.810. The molecule has 1 saturated heterocycles. The zero-order valence-corrected chi connectivity index (χ0v) is 10.8. The summed E-state index contributed by atoms with van der Waals surface area (Å²) in [6.07, 6.45) is 0.113. The highest BCUT2D eigenvalue weighted by Crippen LogP contribution is 2.33. The minimum Gasteiger partial charge on any atom is -0.391 e. The molecule has 1 aliphatic rings. The topological polar surface area (TPSA) is 126 Å². The lowest BCUT2D eigenvalue weighted by molar-refractivity contribution is 0.198. The van der Waals surface area contributed by atoms with Gasteiger partial charge in [-0.25, -0.2) is 9.38 Å². The third kappa shape index (κ3) is 3.15. The van der Waals surface area contributed by atoms with Crippen molar-refractivity contribution in [3.8, 4) is 0 Å². The number of aliphatic imine (C=N–C) groups is 2. The smallest absolute Gasteiger partial charge is 0.223 e. The molecule has 7 nitrogen and oxygen atoms in total. The lowest BCUT2D eigenvalue weighted by Crippen LogP contribution is -2.26. The molecule has 108 valence electrons. The average Bonchev–Trinajstić information content (AvgIpc) is 2.74. The van der Waals surface area contributed by atoms with Crippen LogP contribution in [0.2, 0.25) is 0 Å². The second-order valence-electron chi connectivity index (χ2n) is 4.50. The standard InChI is InChI=1S/C12H17FN6O/c13-8-2-1-3-9(17-12(16)18-11(14)15)10(8)19-5-4-7(20)6-19/h1-3,7,20H,4-6H2,(H6,14,15,16,17,18). The number of hydrogen-bond donors (Lipinski definition) is 4.